The summed E-state index contributed by atoms with van der Waals surface area (Å²) in [5.41, 5.74) is 4.82. The van der Waals surface area contributed by atoms with Gasteiger partial charge in [-0.1, -0.05) is 6.07 Å². The maximum atomic E-state index is 12.5. The number of aryl methyl sites for hydroxylation is 4. The molecule has 0 bridgehead atoms. The zero-order valence-electron chi connectivity index (χ0n) is 17.6. The van der Waals surface area contributed by atoms with E-state index >= 15 is 0 Å². The quantitative estimate of drug-likeness (QED) is 0.468. The lowest BCUT2D eigenvalue weighted by molar-refractivity contribution is -0.384. The Hall–Kier alpha value is -3.68. The van der Waals surface area contributed by atoms with Gasteiger partial charge in [0.15, 0.2) is 0 Å². The molecule has 3 rings (SSSR count). The van der Waals surface area contributed by atoms with Gasteiger partial charge in [0.25, 0.3) is 5.69 Å². The Morgan fingerprint density at radius 1 is 1.10 bits per heavy atom. The van der Waals surface area contributed by atoms with Crippen LogP contribution in [0.15, 0.2) is 36.4 Å². The zero-order valence-corrected chi connectivity index (χ0v) is 17.6. The first kappa shape index (κ1) is 21.0. The number of rotatable bonds is 6. The van der Waals surface area contributed by atoms with Gasteiger partial charge in [-0.25, -0.2) is 0 Å². The second-order valence-electron chi connectivity index (χ2n) is 7.41. The highest BCUT2D eigenvalue weighted by atomic mass is 16.6. The van der Waals surface area contributed by atoms with E-state index in [1.165, 1.54) is 12.1 Å². The number of hydrogen-bond acceptors (Lipinski definition) is 5. The number of nitrogens with one attached hydrogen (secondary N) is 1. The highest BCUT2D eigenvalue weighted by molar-refractivity contribution is 5.91. The van der Waals surface area contributed by atoms with E-state index in [1.807, 2.05) is 52.8 Å². The molecule has 1 amide bonds. The van der Waals surface area contributed by atoms with Crippen molar-refractivity contribution in [2.45, 2.75) is 41.2 Å². The number of nitro benzene ring substituents is 1. The summed E-state index contributed by atoms with van der Waals surface area (Å²) in [5, 5.41) is 18.3. The molecule has 1 N–H and O–H groups in total. The molecule has 0 saturated carbocycles. The molecule has 3 aromatic rings. The molecule has 30 heavy (non-hydrogen) atoms. The Kier molecular flexibility index (Phi) is 5.86. The van der Waals surface area contributed by atoms with Gasteiger partial charge in [0.2, 0.25) is 5.91 Å². The van der Waals surface area contributed by atoms with Gasteiger partial charge in [-0.2, -0.15) is 5.10 Å². The molecule has 8 heteroatoms. The average Bonchev–Trinajstić information content (AvgIpc) is 2.95. The fourth-order valence-corrected chi connectivity index (χ4v) is 3.23. The van der Waals surface area contributed by atoms with Crippen LogP contribution in [0.3, 0.4) is 0 Å². The van der Waals surface area contributed by atoms with Crippen molar-refractivity contribution in [3.63, 3.8) is 0 Å². The number of ether oxygens (including phenoxy) is 1. The van der Waals surface area contributed by atoms with E-state index in [0.717, 1.165) is 28.1 Å². The number of nitrogens with zero attached hydrogens (tertiary/aromatic N) is 3. The van der Waals surface area contributed by atoms with Gasteiger partial charge >= 0.3 is 0 Å². The van der Waals surface area contributed by atoms with Gasteiger partial charge in [-0.15, -0.1) is 0 Å². The van der Waals surface area contributed by atoms with Gasteiger partial charge in [-0.05, 0) is 63.4 Å². The first-order chi connectivity index (χ1) is 14.1. The summed E-state index contributed by atoms with van der Waals surface area (Å²) in [7, 11) is 0. The van der Waals surface area contributed by atoms with Crippen LogP contribution >= 0.6 is 0 Å². The van der Waals surface area contributed by atoms with Crippen LogP contribution in [0.4, 0.5) is 11.4 Å². The molecule has 0 saturated heterocycles. The summed E-state index contributed by atoms with van der Waals surface area (Å²) < 4.78 is 7.53. The standard InChI is InChI=1S/C22H24N4O4/c1-13-6-14(2)17(5)21(7-13)30-20-10-18(9-19(11-20)26(28)29)23-22(27)12-25-16(4)8-15(3)24-25/h6-11H,12H2,1-5H3,(H,23,27). The fraction of sp³-hybridized carbons (Fsp3) is 0.273. The van der Waals surface area contributed by atoms with Gasteiger partial charge in [-0.3, -0.25) is 19.6 Å². The van der Waals surface area contributed by atoms with Crippen LogP contribution in [0.25, 0.3) is 0 Å². The number of non-ortho nitro benzene ring substituents is 1. The highest BCUT2D eigenvalue weighted by Crippen LogP contribution is 2.33. The molecule has 1 heterocycles. The van der Waals surface area contributed by atoms with Crippen molar-refractivity contribution in [3.8, 4) is 11.5 Å². The van der Waals surface area contributed by atoms with Crippen LogP contribution in [0, 0.1) is 44.7 Å². The van der Waals surface area contributed by atoms with Crippen molar-refractivity contribution in [2.75, 3.05) is 5.32 Å². The molecule has 156 valence electrons. The fourth-order valence-electron chi connectivity index (χ4n) is 3.23. The minimum Gasteiger partial charge on any atom is -0.457 e. The third kappa shape index (κ3) is 4.83. The van der Waals surface area contributed by atoms with Crippen LogP contribution in [0.1, 0.15) is 28.1 Å². The van der Waals surface area contributed by atoms with Crippen LogP contribution < -0.4 is 10.1 Å². The Morgan fingerprint density at radius 3 is 2.47 bits per heavy atom. The summed E-state index contributed by atoms with van der Waals surface area (Å²) >= 11 is 0. The second kappa shape index (κ2) is 8.36. The summed E-state index contributed by atoms with van der Waals surface area (Å²) in [6.45, 7) is 9.58. The molecule has 0 atom stereocenters. The lowest BCUT2D eigenvalue weighted by Crippen LogP contribution is -2.20. The van der Waals surface area contributed by atoms with Crippen molar-refractivity contribution >= 4 is 17.3 Å². The molecular formula is C22H24N4O4. The molecule has 0 unspecified atom stereocenters. The molecule has 0 aliphatic rings. The predicted molar refractivity (Wildman–Crippen MR) is 114 cm³/mol. The summed E-state index contributed by atoms with van der Waals surface area (Å²) in [6, 6.07) is 10.0. The van der Waals surface area contributed by atoms with Crippen molar-refractivity contribution in [1.29, 1.82) is 0 Å². The van der Waals surface area contributed by atoms with E-state index in [1.54, 1.807) is 10.7 Å². The van der Waals surface area contributed by atoms with Crippen molar-refractivity contribution < 1.29 is 14.5 Å². The summed E-state index contributed by atoms with van der Waals surface area (Å²) in [5.74, 6) is 0.557. The van der Waals surface area contributed by atoms with E-state index in [2.05, 4.69) is 10.4 Å². The molecule has 1 aromatic heterocycles. The Bertz CT molecular complexity index is 1130. The number of hydrogen-bond donors (Lipinski definition) is 1. The SMILES string of the molecule is Cc1cc(C)c(C)c(Oc2cc(NC(=O)Cn3nc(C)cc3C)cc([N+](=O)[O-])c2)c1. The molecule has 0 radical (unpaired) electrons. The lowest BCUT2D eigenvalue weighted by atomic mass is 10.1. The largest absolute Gasteiger partial charge is 0.457 e. The molecule has 8 nitrogen and oxygen atoms in total. The third-order valence-corrected chi connectivity index (χ3v) is 4.77. The molecule has 0 aliphatic heterocycles. The van der Waals surface area contributed by atoms with Crippen LogP contribution in [0.5, 0.6) is 11.5 Å². The number of amides is 1. The number of nitro groups is 1. The van der Waals surface area contributed by atoms with Crippen LogP contribution in [0.2, 0.25) is 0 Å². The number of anilines is 1. The first-order valence-electron chi connectivity index (χ1n) is 9.48. The maximum Gasteiger partial charge on any atom is 0.275 e. The molecule has 2 aromatic carbocycles. The normalized spacial score (nSPS) is 10.7. The smallest absolute Gasteiger partial charge is 0.275 e. The Labute approximate surface area is 174 Å². The third-order valence-electron chi connectivity index (χ3n) is 4.77. The number of carbonyl (C=O) groups excluding carboxylic acids is 1. The minimum atomic E-state index is -0.516. The zero-order chi connectivity index (χ0) is 22.0. The monoisotopic (exact) mass is 408 g/mol. The van der Waals surface area contributed by atoms with E-state index in [0.29, 0.717) is 5.75 Å². The number of benzene rings is 2. The number of carbonyl (C=O) groups is 1. The van der Waals surface area contributed by atoms with Gasteiger partial charge in [0.1, 0.15) is 18.0 Å². The summed E-state index contributed by atoms with van der Waals surface area (Å²) in [4.78, 5) is 23.3. The molecular weight excluding hydrogens is 384 g/mol. The Morgan fingerprint density at radius 2 is 1.83 bits per heavy atom. The molecule has 0 spiro atoms. The minimum absolute atomic E-state index is 0.00867. The van der Waals surface area contributed by atoms with Crippen molar-refractivity contribution in [2.24, 2.45) is 0 Å². The van der Waals surface area contributed by atoms with E-state index in [-0.39, 0.29) is 29.6 Å². The Balaban J connectivity index is 1.87. The van der Waals surface area contributed by atoms with E-state index < -0.39 is 4.92 Å². The predicted octanol–water partition coefficient (Wildman–Crippen LogP) is 4.76. The van der Waals surface area contributed by atoms with Crippen molar-refractivity contribution in [1.82, 2.24) is 9.78 Å². The van der Waals surface area contributed by atoms with Crippen LogP contribution in [-0.4, -0.2) is 20.6 Å². The van der Waals surface area contributed by atoms with Gasteiger partial charge in [0.05, 0.1) is 22.4 Å². The average molecular weight is 408 g/mol. The highest BCUT2D eigenvalue weighted by Gasteiger charge is 2.15. The molecule has 0 fully saturated rings. The van der Waals surface area contributed by atoms with Crippen molar-refractivity contribution in [3.05, 3.63) is 74.6 Å². The van der Waals surface area contributed by atoms with E-state index in [9.17, 15) is 14.9 Å². The topological polar surface area (TPSA) is 99.3 Å². The van der Waals surface area contributed by atoms with Gasteiger partial charge in [0, 0.05) is 17.8 Å². The van der Waals surface area contributed by atoms with E-state index in [4.69, 9.17) is 4.74 Å². The lowest BCUT2D eigenvalue weighted by Gasteiger charge is -2.13. The second-order valence-corrected chi connectivity index (χ2v) is 7.41. The van der Waals surface area contributed by atoms with Gasteiger partial charge < -0.3 is 10.1 Å². The summed E-state index contributed by atoms with van der Waals surface area (Å²) in [6.07, 6.45) is 0. The molecule has 0 aliphatic carbocycles. The number of aromatic nitrogens is 2. The first-order valence-corrected chi connectivity index (χ1v) is 9.48. The maximum absolute atomic E-state index is 12.5. The van der Waals surface area contributed by atoms with Crippen LogP contribution in [-0.2, 0) is 11.3 Å².